The summed E-state index contributed by atoms with van der Waals surface area (Å²) in [5, 5.41) is 6.81. The lowest BCUT2D eigenvalue weighted by molar-refractivity contribution is 0.0740. The van der Waals surface area contributed by atoms with Crippen molar-refractivity contribution in [3.8, 4) is 5.88 Å². The first-order chi connectivity index (χ1) is 10.7. The van der Waals surface area contributed by atoms with Gasteiger partial charge in [0.15, 0.2) is 0 Å². The minimum atomic E-state index is -0.0458. The third kappa shape index (κ3) is 2.85. The van der Waals surface area contributed by atoms with Crippen molar-refractivity contribution in [3.63, 3.8) is 0 Å². The predicted octanol–water partition coefficient (Wildman–Crippen LogP) is 0.479. The molecule has 2 aromatic rings. The summed E-state index contributed by atoms with van der Waals surface area (Å²) in [5.74, 6) is 1.12. The van der Waals surface area contributed by atoms with Crippen molar-refractivity contribution < 1.29 is 9.53 Å². The summed E-state index contributed by atoms with van der Waals surface area (Å²) in [6, 6.07) is 3.48. The zero-order valence-corrected chi connectivity index (χ0v) is 12.6. The Bertz CT molecular complexity index is 663. The van der Waals surface area contributed by atoms with Gasteiger partial charge in [-0.25, -0.2) is 4.98 Å². The molecule has 1 amide bonds. The Morgan fingerprint density at radius 1 is 1.32 bits per heavy atom. The molecule has 1 fully saturated rings. The molecule has 1 aliphatic rings. The largest absolute Gasteiger partial charge is 0.481 e. The van der Waals surface area contributed by atoms with E-state index in [1.165, 1.54) is 0 Å². The molecule has 0 atom stereocenters. The summed E-state index contributed by atoms with van der Waals surface area (Å²) in [5.41, 5.74) is 1.34. The maximum atomic E-state index is 12.3. The van der Waals surface area contributed by atoms with Crippen molar-refractivity contribution in [1.82, 2.24) is 25.1 Å². The quantitative estimate of drug-likeness (QED) is 0.887. The highest BCUT2D eigenvalue weighted by atomic mass is 16.5. The van der Waals surface area contributed by atoms with Gasteiger partial charge in [-0.05, 0) is 13.0 Å². The van der Waals surface area contributed by atoms with Gasteiger partial charge in [0.2, 0.25) is 11.8 Å². The molecule has 0 bridgehead atoms. The van der Waals surface area contributed by atoms with Crippen molar-refractivity contribution in [3.05, 3.63) is 29.7 Å². The Morgan fingerprint density at radius 3 is 2.73 bits per heavy atom. The average Bonchev–Trinajstić information content (AvgIpc) is 3.01. The number of nitrogens with zero attached hydrogens (tertiary/aromatic N) is 5. The number of aromatic nitrogens is 4. The van der Waals surface area contributed by atoms with Crippen molar-refractivity contribution >= 4 is 11.9 Å². The molecule has 1 N–H and O–H groups in total. The van der Waals surface area contributed by atoms with Crippen LogP contribution in [0.5, 0.6) is 5.88 Å². The first-order valence-electron chi connectivity index (χ1n) is 7.10. The minimum Gasteiger partial charge on any atom is -0.481 e. The van der Waals surface area contributed by atoms with E-state index in [0.717, 1.165) is 5.69 Å². The molecule has 0 saturated carbocycles. The Hall–Kier alpha value is -2.64. The van der Waals surface area contributed by atoms with Crippen LogP contribution in [0.2, 0.25) is 0 Å². The Morgan fingerprint density at radius 2 is 2.09 bits per heavy atom. The van der Waals surface area contributed by atoms with Gasteiger partial charge in [-0.2, -0.15) is 10.1 Å². The van der Waals surface area contributed by atoms with Crippen LogP contribution in [0.1, 0.15) is 16.2 Å². The number of H-pyrrole nitrogens is 1. The van der Waals surface area contributed by atoms with Crippen LogP contribution < -0.4 is 9.64 Å². The van der Waals surface area contributed by atoms with E-state index in [1.807, 2.05) is 11.8 Å². The minimum absolute atomic E-state index is 0.0458. The highest BCUT2D eigenvalue weighted by Crippen LogP contribution is 2.15. The normalized spacial score (nSPS) is 15.0. The summed E-state index contributed by atoms with van der Waals surface area (Å²) >= 11 is 0. The number of hydrogen-bond acceptors (Lipinski definition) is 6. The Kier molecular flexibility index (Phi) is 3.90. The molecule has 0 unspecified atom stereocenters. The number of ether oxygens (including phenoxy) is 1. The zero-order chi connectivity index (χ0) is 15.5. The number of carbonyl (C=O) groups is 1. The molecular formula is C14H18N6O2. The summed E-state index contributed by atoms with van der Waals surface area (Å²) in [7, 11) is 1.58. The number of amides is 1. The molecule has 3 heterocycles. The molecular weight excluding hydrogens is 284 g/mol. The zero-order valence-electron chi connectivity index (χ0n) is 12.6. The van der Waals surface area contributed by atoms with E-state index in [0.29, 0.717) is 43.7 Å². The van der Waals surface area contributed by atoms with Gasteiger partial charge in [0, 0.05) is 44.1 Å². The van der Waals surface area contributed by atoms with Crippen molar-refractivity contribution in [1.29, 1.82) is 0 Å². The smallest absolute Gasteiger partial charge is 0.274 e. The van der Waals surface area contributed by atoms with Crippen LogP contribution in [0.4, 0.5) is 5.95 Å². The van der Waals surface area contributed by atoms with Gasteiger partial charge in [0.1, 0.15) is 5.69 Å². The maximum Gasteiger partial charge on any atom is 0.274 e. The molecule has 22 heavy (non-hydrogen) atoms. The number of piperazine rings is 1. The van der Waals surface area contributed by atoms with Crippen molar-refractivity contribution in [2.24, 2.45) is 0 Å². The second-order valence-corrected chi connectivity index (χ2v) is 5.11. The van der Waals surface area contributed by atoms with Crippen LogP contribution in [0.15, 0.2) is 18.3 Å². The molecule has 8 nitrogen and oxygen atoms in total. The van der Waals surface area contributed by atoms with Crippen LogP contribution in [-0.2, 0) is 0 Å². The van der Waals surface area contributed by atoms with E-state index in [2.05, 4.69) is 20.2 Å². The van der Waals surface area contributed by atoms with E-state index < -0.39 is 0 Å². The fourth-order valence-electron chi connectivity index (χ4n) is 2.40. The summed E-state index contributed by atoms with van der Waals surface area (Å²) in [6.07, 6.45) is 1.67. The number of rotatable bonds is 3. The van der Waals surface area contributed by atoms with E-state index >= 15 is 0 Å². The predicted molar refractivity (Wildman–Crippen MR) is 80.0 cm³/mol. The number of carbonyl (C=O) groups excluding carboxylic acids is 1. The average molecular weight is 302 g/mol. The Labute approximate surface area is 128 Å². The fraction of sp³-hybridized carbons (Fsp3) is 0.429. The summed E-state index contributed by atoms with van der Waals surface area (Å²) in [6.45, 7) is 4.48. The second kappa shape index (κ2) is 6.00. The summed E-state index contributed by atoms with van der Waals surface area (Å²) in [4.78, 5) is 24.7. The molecule has 3 rings (SSSR count). The number of anilines is 1. The van der Waals surface area contributed by atoms with Crippen LogP contribution in [0.3, 0.4) is 0 Å². The van der Waals surface area contributed by atoms with Gasteiger partial charge in [-0.15, -0.1) is 0 Å². The van der Waals surface area contributed by atoms with Crippen LogP contribution >= 0.6 is 0 Å². The second-order valence-electron chi connectivity index (χ2n) is 5.11. The number of aromatic amines is 1. The van der Waals surface area contributed by atoms with Gasteiger partial charge in [-0.1, -0.05) is 0 Å². The number of hydrogen-bond donors (Lipinski definition) is 1. The summed E-state index contributed by atoms with van der Waals surface area (Å²) < 4.78 is 5.11. The van der Waals surface area contributed by atoms with Crippen LogP contribution in [-0.4, -0.2) is 64.3 Å². The van der Waals surface area contributed by atoms with E-state index in [9.17, 15) is 4.79 Å². The van der Waals surface area contributed by atoms with Gasteiger partial charge >= 0.3 is 0 Å². The maximum absolute atomic E-state index is 12.3. The van der Waals surface area contributed by atoms with Crippen molar-refractivity contribution in [2.75, 3.05) is 38.2 Å². The molecule has 2 aromatic heterocycles. The first kappa shape index (κ1) is 14.3. The van der Waals surface area contributed by atoms with Crippen LogP contribution in [0, 0.1) is 6.92 Å². The molecule has 0 aromatic carbocycles. The van der Waals surface area contributed by atoms with E-state index in [1.54, 1.807) is 30.3 Å². The molecule has 8 heteroatoms. The van der Waals surface area contributed by atoms with Gasteiger partial charge in [0.25, 0.3) is 5.91 Å². The fourth-order valence-corrected chi connectivity index (χ4v) is 2.40. The molecule has 0 radical (unpaired) electrons. The standard InChI is InChI=1S/C14H18N6O2/c1-10-9-11(18-17-10)13(21)19-5-7-20(8-6-19)14-15-4-3-12(16-14)22-2/h3-4,9H,5-8H2,1-2H3,(H,17,18). The first-order valence-corrected chi connectivity index (χ1v) is 7.10. The lowest BCUT2D eigenvalue weighted by Gasteiger charge is -2.34. The molecule has 0 spiro atoms. The lowest BCUT2D eigenvalue weighted by Crippen LogP contribution is -2.49. The topological polar surface area (TPSA) is 87.2 Å². The highest BCUT2D eigenvalue weighted by Gasteiger charge is 2.24. The third-order valence-electron chi connectivity index (χ3n) is 3.60. The van der Waals surface area contributed by atoms with Crippen LogP contribution in [0.25, 0.3) is 0 Å². The van der Waals surface area contributed by atoms with Crippen molar-refractivity contribution in [2.45, 2.75) is 6.92 Å². The SMILES string of the molecule is COc1ccnc(N2CCN(C(=O)c3cc(C)[nH]n3)CC2)n1. The molecule has 1 saturated heterocycles. The van der Waals surface area contributed by atoms with Gasteiger partial charge in [0.05, 0.1) is 7.11 Å². The van der Waals surface area contributed by atoms with E-state index in [4.69, 9.17) is 4.74 Å². The highest BCUT2D eigenvalue weighted by molar-refractivity contribution is 5.92. The molecule has 0 aliphatic carbocycles. The molecule has 1 aliphatic heterocycles. The Balaban J connectivity index is 1.63. The lowest BCUT2D eigenvalue weighted by atomic mass is 10.2. The number of methoxy groups -OCH3 is 1. The van der Waals surface area contributed by atoms with E-state index in [-0.39, 0.29) is 5.91 Å². The monoisotopic (exact) mass is 302 g/mol. The van der Waals surface area contributed by atoms with Gasteiger partial charge < -0.3 is 14.5 Å². The van der Waals surface area contributed by atoms with Gasteiger partial charge in [-0.3, -0.25) is 9.89 Å². The third-order valence-corrected chi connectivity index (χ3v) is 3.60. The molecule has 116 valence electrons. The number of nitrogens with one attached hydrogen (secondary N) is 1. The number of aryl methyl sites for hydroxylation is 1.